The van der Waals surface area contributed by atoms with E-state index < -0.39 is 10.0 Å². The van der Waals surface area contributed by atoms with Crippen LogP contribution in [0.1, 0.15) is 45.2 Å². The molecule has 5 heteroatoms. The lowest BCUT2D eigenvalue weighted by Gasteiger charge is -2.15. The fourth-order valence-corrected chi connectivity index (χ4v) is 3.18. The van der Waals surface area contributed by atoms with Crippen LogP contribution >= 0.6 is 0 Å². The van der Waals surface area contributed by atoms with Crippen LogP contribution in [0.2, 0.25) is 0 Å². The Kier molecular flexibility index (Phi) is 6.65. The molecule has 114 valence electrons. The predicted molar refractivity (Wildman–Crippen MR) is 83.2 cm³/mol. The second-order valence-corrected chi connectivity index (χ2v) is 6.88. The van der Waals surface area contributed by atoms with E-state index in [1.54, 1.807) is 18.2 Å². The summed E-state index contributed by atoms with van der Waals surface area (Å²) in [7, 11) is -1.56. The van der Waals surface area contributed by atoms with Crippen molar-refractivity contribution in [3.8, 4) is 0 Å². The van der Waals surface area contributed by atoms with Crippen molar-refractivity contribution in [2.45, 2.75) is 44.6 Å². The van der Waals surface area contributed by atoms with Crippen LogP contribution < -0.4 is 10.0 Å². The Labute approximate surface area is 123 Å². The summed E-state index contributed by atoms with van der Waals surface area (Å²) in [5.74, 6) is 0.393. The Balaban J connectivity index is 2.87. The van der Waals surface area contributed by atoms with Gasteiger partial charge in [0.1, 0.15) is 0 Å². The van der Waals surface area contributed by atoms with Crippen molar-refractivity contribution in [1.82, 2.24) is 10.0 Å². The molecule has 0 radical (unpaired) electrons. The topological polar surface area (TPSA) is 58.2 Å². The first kappa shape index (κ1) is 17.1. The summed E-state index contributed by atoms with van der Waals surface area (Å²) in [6.45, 7) is 6.67. The van der Waals surface area contributed by atoms with E-state index in [9.17, 15) is 8.42 Å². The average Bonchev–Trinajstić information content (AvgIpc) is 2.47. The van der Waals surface area contributed by atoms with E-state index in [0.29, 0.717) is 17.4 Å². The van der Waals surface area contributed by atoms with Crippen molar-refractivity contribution < 1.29 is 8.42 Å². The fourth-order valence-electron chi connectivity index (χ4n) is 2.01. The maximum absolute atomic E-state index is 12.3. The molecule has 20 heavy (non-hydrogen) atoms. The molecule has 1 atom stereocenters. The van der Waals surface area contributed by atoms with Crippen molar-refractivity contribution in [2.24, 2.45) is 5.92 Å². The quantitative estimate of drug-likeness (QED) is 0.776. The Morgan fingerprint density at radius 2 is 1.85 bits per heavy atom. The monoisotopic (exact) mass is 298 g/mol. The predicted octanol–water partition coefficient (Wildman–Crippen LogP) is 2.68. The van der Waals surface area contributed by atoms with Crippen LogP contribution in [0, 0.1) is 5.92 Å². The highest BCUT2D eigenvalue weighted by Crippen LogP contribution is 2.17. The molecule has 0 heterocycles. The largest absolute Gasteiger partial charge is 0.313 e. The van der Waals surface area contributed by atoms with E-state index in [2.05, 4.69) is 23.9 Å². The van der Waals surface area contributed by atoms with Gasteiger partial charge in [-0.05, 0) is 37.6 Å². The second-order valence-electron chi connectivity index (χ2n) is 5.12. The smallest absolute Gasteiger partial charge is 0.240 e. The van der Waals surface area contributed by atoms with E-state index in [-0.39, 0.29) is 6.04 Å². The number of hydrogen-bond donors (Lipinski definition) is 2. The molecule has 1 rings (SSSR count). The third-order valence-electron chi connectivity index (χ3n) is 3.82. The molecule has 0 bridgehead atoms. The molecule has 0 aliphatic heterocycles. The van der Waals surface area contributed by atoms with Crippen LogP contribution in [-0.4, -0.2) is 22.0 Å². The molecule has 1 unspecified atom stereocenters. The van der Waals surface area contributed by atoms with Crippen LogP contribution in [0.5, 0.6) is 0 Å². The summed E-state index contributed by atoms with van der Waals surface area (Å²) in [5, 5.41) is 3.11. The lowest BCUT2D eigenvalue weighted by Crippen LogP contribution is -2.29. The first-order chi connectivity index (χ1) is 9.44. The molecule has 0 spiro atoms. The van der Waals surface area contributed by atoms with Gasteiger partial charge in [0, 0.05) is 12.6 Å². The van der Waals surface area contributed by atoms with Crippen molar-refractivity contribution >= 4 is 10.0 Å². The maximum Gasteiger partial charge on any atom is 0.240 e. The number of nitrogens with one attached hydrogen (secondary N) is 2. The van der Waals surface area contributed by atoms with Crippen molar-refractivity contribution in [3.63, 3.8) is 0 Å². The van der Waals surface area contributed by atoms with Crippen molar-refractivity contribution in [1.29, 1.82) is 0 Å². The van der Waals surface area contributed by atoms with Crippen molar-refractivity contribution in [2.75, 3.05) is 13.6 Å². The van der Waals surface area contributed by atoms with Gasteiger partial charge in [-0.3, -0.25) is 0 Å². The van der Waals surface area contributed by atoms with Gasteiger partial charge in [-0.15, -0.1) is 0 Å². The highest BCUT2D eigenvalue weighted by atomic mass is 32.2. The molecule has 1 aromatic carbocycles. The number of hydrogen-bond acceptors (Lipinski definition) is 3. The van der Waals surface area contributed by atoms with E-state index >= 15 is 0 Å². The minimum absolute atomic E-state index is 0.129. The van der Waals surface area contributed by atoms with Gasteiger partial charge in [0.05, 0.1) is 4.90 Å². The standard InChI is InChI=1S/C15H26N2O2S/c1-5-13(6-2)11-17-20(18,19)15-9-7-8-14(10-15)12(3)16-4/h7-10,12-13,16-17H,5-6,11H2,1-4H3. The molecule has 0 saturated heterocycles. The molecule has 0 saturated carbocycles. The van der Waals surface area contributed by atoms with E-state index in [4.69, 9.17) is 0 Å². The van der Waals surface area contributed by atoms with Crippen LogP contribution in [0.3, 0.4) is 0 Å². The number of benzene rings is 1. The minimum atomic E-state index is -3.42. The van der Waals surface area contributed by atoms with Gasteiger partial charge in [-0.25, -0.2) is 13.1 Å². The van der Waals surface area contributed by atoms with E-state index in [0.717, 1.165) is 18.4 Å². The molecule has 2 N–H and O–H groups in total. The normalized spacial score (nSPS) is 13.7. The Bertz CT molecular complexity index is 510. The lowest BCUT2D eigenvalue weighted by atomic mass is 10.0. The third-order valence-corrected chi connectivity index (χ3v) is 5.24. The third kappa shape index (κ3) is 4.58. The highest BCUT2D eigenvalue weighted by molar-refractivity contribution is 7.89. The molecule has 0 aromatic heterocycles. The molecule has 1 aromatic rings. The molecular formula is C15H26N2O2S. The second kappa shape index (κ2) is 7.76. The van der Waals surface area contributed by atoms with Gasteiger partial charge in [-0.2, -0.15) is 0 Å². The summed E-state index contributed by atoms with van der Waals surface area (Å²) < 4.78 is 27.3. The highest BCUT2D eigenvalue weighted by Gasteiger charge is 2.16. The summed E-state index contributed by atoms with van der Waals surface area (Å²) in [4.78, 5) is 0.336. The van der Waals surface area contributed by atoms with Crippen LogP contribution in [0.15, 0.2) is 29.2 Å². The average molecular weight is 298 g/mol. The zero-order valence-electron chi connectivity index (χ0n) is 12.8. The summed E-state index contributed by atoms with van der Waals surface area (Å²) >= 11 is 0. The van der Waals surface area contributed by atoms with E-state index in [1.165, 1.54) is 0 Å². The Hall–Kier alpha value is -0.910. The molecule has 0 aliphatic rings. The molecule has 0 fully saturated rings. The zero-order valence-corrected chi connectivity index (χ0v) is 13.6. The zero-order chi connectivity index (χ0) is 15.2. The van der Waals surface area contributed by atoms with Gasteiger partial charge in [0.2, 0.25) is 10.0 Å². The summed E-state index contributed by atoms with van der Waals surface area (Å²) in [6, 6.07) is 7.22. The lowest BCUT2D eigenvalue weighted by molar-refractivity contribution is 0.479. The summed E-state index contributed by atoms with van der Waals surface area (Å²) in [5.41, 5.74) is 0.970. The fraction of sp³-hybridized carbons (Fsp3) is 0.600. The van der Waals surface area contributed by atoms with Gasteiger partial charge in [0.15, 0.2) is 0 Å². The molecule has 4 nitrogen and oxygen atoms in total. The van der Waals surface area contributed by atoms with Gasteiger partial charge >= 0.3 is 0 Å². The number of sulfonamides is 1. The van der Waals surface area contributed by atoms with Crippen LogP contribution in [0.4, 0.5) is 0 Å². The van der Waals surface area contributed by atoms with Gasteiger partial charge in [0.25, 0.3) is 0 Å². The molecule has 0 aliphatic carbocycles. The first-order valence-corrected chi connectivity index (χ1v) is 8.69. The SMILES string of the molecule is CCC(CC)CNS(=O)(=O)c1cccc(C(C)NC)c1. The van der Waals surface area contributed by atoms with Crippen LogP contribution in [0.25, 0.3) is 0 Å². The van der Waals surface area contributed by atoms with Gasteiger partial charge in [-0.1, -0.05) is 38.8 Å². The van der Waals surface area contributed by atoms with E-state index in [1.807, 2.05) is 20.0 Å². The maximum atomic E-state index is 12.3. The van der Waals surface area contributed by atoms with Gasteiger partial charge < -0.3 is 5.32 Å². The Morgan fingerprint density at radius 1 is 1.20 bits per heavy atom. The van der Waals surface area contributed by atoms with Crippen LogP contribution in [-0.2, 0) is 10.0 Å². The molecule has 0 amide bonds. The number of rotatable bonds is 8. The molecular weight excluding hydrogens is 272 g/mol. The minimum Gasteiger partial charge on any atom is -0.313 e. The summed E-state index contributed by atoms with van der Waals surface area (Å²) in [6.07, 6.45) is 1.96. The first-order valence-electron chi connectivity index (χ1n) is 7.21. The Morgan fingerprint density at radius 3 is 2.40 bits per heavy atom. The van der Waals surface area contributed by atoms with Crippen molar-refractivity contribution in [3.05, 3.63) is 29.8 Å².